The first-order chi connectivity index (χ1) is 11.5. The predicted molar refractivity (Wildman–Crippen MR) is 91.4 cm³/mol. The minimum atomic E-state index is -0.327. The minimum absolute atomic E-state index is 0.219. The third kappa shape index (κ3) is 3.26. The third-order valence-electron chi connectivity index (χ3n) is 3.87. The molecule has 0 aliphatic rings. The highest BCUT2D eigenvalue weighted by Crippen LogP contribution is 2.30. The number of thiazole rings is 1. The fourth-order valence-electron chi connectivity index (χ4n) is 2.59. The molecular formula is C17H18FN3O2S. The Bertz CT molecular complexity index is 860. The van der Waals surface area contributed by atoms with Crippen molar-refractivity contribution in [3.63, 3.8) is 0 Å². The van der Waals surface area contributed by atoms with Gasteiger partial charge in [-0.05, 0) is 32.0 Å². The lowest BCUT2D eigenvalue weighted by Gasteiger charge is -2.20. The van der Waals surface area contributed by atoms with Crippen molar-refractivity contribution in [2.75, 3.05) is 7.05 Å². The lowest BCUT2D eigenvalue weighted by atomic mass is 10.1. The van der Waals surface area contributed by atoms with Gasteiger partial charge in [0.1, 0.15) is 22.2 Å². The number of aryl methyl sites for hydroxylation is 1. The number of furan rings is 1. The quantitative estimate of drug-likeness (QED) is 0.768. The fraction of sp³-hybridized carbons (Fsp3) is 0.294. The molecule has 0 fully saturated rings. The van der Waals surface area contributed by atoms with Crippen LogP contribution in [-0.2, 0) is 6.54 Å². The van der Waals surface area contributed by atoms with Gasteiger partial charge in [0.05, 0.1) is 12.6 Å². The van der Waals surface area contributed by atoms with Crippen molar-refractivity contribution in [3.8, 4) is 0 Å². The number of amides is 2. The van der Waals surface area contributed by atoms with Crippen LogP contribution in [0.15, 0.2) is 34.2 Å². The van der Waals surface area contributed by atoms with Crippen LogP contribution in [0.1, 0.15) is 29.3 Å². The molecule has 0 aliphatic heterocycles. The van der Waals surface area contributed by atoms with Crippen LogP contribution in [0.5, 0.6) is 0 Å². The molecule has 2 aromatic heterocycles. The molecule has 0 spiro atoms. The number of hydrogen-bond acceptors (Lipinski definition) is 4. The highest BCUT2D eigenvalue weighted by molar-refractivity contribution is 7.09. The second-order valence-corrected chi connectivity index (χ2v) is 6.66. The highest BCUT2D eigenvalue weighted by Gasteiger charge is 2.20. The second kappa shape index (κ2) is 6.60. The zero-order chi connectivity index (χ0) is 17.3. The van der Waals surface area contributed by atoms with Crippen LogP contribution in [0.2, 0.25) is 0 Å². The second-order valence-electron chi connectivity index (χ2n) is 5.68. The number of aromatic nitrogens is 1. The Morgan fingerprint density at radius 3 is 3.00 bits per heavy atom. The minimum Gasteiger partial charge on any atom is -0.459 e. The van der Waals surface area contributed by atoms with Gasteiger partial charge in [0.25, 0.3) is 0 Å². The van der Waals surface area contributed by atoms with Gasteiger partial charge >= 0.3 is 6.03 Å². The van der Waals surface area contributed by atoms with E-state index in [4.69, 9.17) is 4.42 Å². The van der Waals surface area contributed by atoms with Crippen LogP contribution >= 0.6 is 11.3 Å². The van der Waals surface area contributed by atoms with Gasteiger partial charge in [-0.2, -0.15) is 0 Å². The van der Waals surface area contributed by atoms with Gasteiger partial charge in [0, 0.05) is 29.6 Å². The van der Waals surface area contributed by atoms with Gasteiger partial charge < -0.3 is 14.6 Å². The predicted octanol–water partition coefficient (Wildman–Crippen LogP) is 4.24. The summed E-state index contributed by atoms with van der Waals surface area (Å²) in [5, 5.41) is 6.37. The molecular weight excluding hydrogens is 329 g/mol. The molecule has 126 valence electrons. The maximum absolute atomic E-state index is 13.4. The van der Waals surface area contributed by atoms with E-state index in [2.05, 4.69) is 10.3 Å². The van der Waals surface area contributed by atoms with Crippen LogP contribution in [0, 0.1) is 12.7 Å². The van der Waals surface area contributed by atoms with Gasteiger partial charge in [-0.1, -0.05) is 0 Å². The van der Waals surface area contributed by atoms with E-state index in [0.29, 0.717) is 17.9 Å². The first kappa shape index (κ1) is 16.4. The topological polar surface area (TPSA) is 58.4 Å². The van der Waals surface area contributed by atoms with Crippen molar-refractivity contribution in [1.82, 2.24) is 15.2 Å². The maximum atomic E-state index is 13.4. The Labute approximate surface area is 143 Å². The average Bonchev–Trinajstić information content (AvgIpc) is 3.16. The summed E-state index contributed by atoms with van der Waals surface area (Å²) < 4.78 is 19.2. The van der Waals surface area contributed by atoms with E-state index in [1.807, 2.05) is 19.2 Å². The molecule has 24 heavy (non-hydrogen) atoms. The number of hydrogen-bond donors (Lipinski definition) is 1. The van der Waals surface area contributed by atoms with E-state index >= 15 is 0 Å². The number of nitrogens with one attached hydrogen (secondary N) is 1. The Morgan fingerprint density at radius 2 is 2.29 bits per heavy atom. The summed E-state index contributed by atoms with van der Waals surface area (Å²) in [5.41, 5.74) is 1.45. The van der Waals surface area contributed by atoms with E-state index in [0.717, 1.165) is 16.0 Å². The number of urea groups is 1. The number of halogens is 1. The molecule has 0 saturated heterocycles. The van der Waals surface area contributed by atoms with Gasteiger partial charge in [0.15, 0.2) is 0 Å². The van der Waals surface area contributed by atoms with E-state index in [1.165, 1.54) is 23.5 Å². The molecule has 1 aromatic carbocycles. The van der Waals surface area contributed by atoms with E-state index < -0.39 is 0 Å². The third-order valence-corrected chi connectivity index (χ3v) is 4.64. The van der Waals surface area contributed by atoms with Crippen molar-refractivity contribution in [2.24, 2.45) is 0 Å². The molecule has 0 unspecified atom stereocenters. The molecule has 0 radical (unpaired) electrons. The highest BCUT2D eigenvalue weighted by atomic mass is 32.1. The van der Waals surface area contributed by atoms with Crippen LogP contribution in [0.4, 0.5) is 9.18 Å². The smallest absolute Gasteiger partial charge is 0.318 e. The Morgan fingerprint density at radius 1 is 1.50 bits per heavy atom. The summed E-state index contributed by atoms with van der Waals surface area (Å²) in [5.74, 6) is 0.324. The van der Waals surface area contributed by atoms with Gasteiger partial charge in [-0.15, -0.1) is 11.3 Å². The molecule has 0 bridgehead atoms. The van der Waals surface area contributed by atoms with Gasteiger partial charge in [-0.25, -0.2) is 14.2 Å². The number of carbonyl (C=O) groups excluding carboxylic acids is 1. The number of fused-ring (bicyclic) bond motifs is 1. The Hall–Kier alpha value is -2.41. The normalized spacial score (nSPS) is 12.3. The van der Waals surface area contributed by atoms with Crippen molar-refractivity contribution < 1.29 is 13.6 Å². The zero-order valence-electron chi connectivity index (χ0n) is 13.7. The van der Waals surface area contributed by atoms with E-state index in [9.17, 15) is 9.18 Å². The van der Waals surface area contributed by atoms with Crippen molar-refractivity contribution in [2.45, 2.75) is 26.4 Å². The van der Waals surface area contributed by atoms with E-state index in [-0.39, 0.29) is 17.9 Å². The van der Waals surface area contributed by atoms with Gasteiger partial charge in [-0.3, -0.25) is 0 Å². The molecule has 2 amide bonds. The Balaban J connectivity index is 1.73. The summed E-state index contributed by atoms with van der Waals surface area (Å²) in [6.45, 7) is 4.15. The molecule has 5 nitrogen and oxygen atoms in total. The monoisotopic (exact) mass is 347 g/mol. The zero-order valence-corrected chi connectivity index (χ0v) is 14.5. The molecule has 1 atom stereocenters. The van der Waals surface area contributed by atoms with Crippen LogP contribution in [0.25, 0.3) is 11.0 Å². The summed E-state index contributed by atoms with van der Waals surface area (Å²) in [6.07, 6.45) is 1.71. The fourth-order valence-corrected chi connectivity index (χ4v) is 3.26. The average molecular weight is 347 g/mol. The van der Waals surface area contributed by atoms with Crippen molar-refractivity contribution >= 4 is 28.3 Å². The van der Waals surface area contributed by atoms with Crippen LogP contribution in [-0.4, -0.2) is 23.0 Å². The standard InChI is InChI=1S/C17H18FN3O2S/c1-10-13-8-12(18)4-5-14(13)23-16(10)11(2)20-17(22)21(3)9-15-19-6-7-24-15/h4-8,11H,9H2,1-3H3,(H,20,22)/t11-/m0/s1. The van der Waals surface area contributed by atoms with Crippen LogP contribution in [0.3, 0.4) is 0 Å². The molecule has 3 aromatic rings. The number of nitrogens with zero attached hydrogens (tertiary/aromatic N) is 2. The summed E-state index contributed by atoms with van der Waals surface area (Å²) >= 11 is 1.50. The number of benzene rings is 1. The summed E-state index contributed by atoms with van der Waals surface area (Å²) in [6, 6.07) is 3.86. The first-order valence-electron chi connectivity index (χ1n) is 7.54. The maximum Gasteiger partial charge on any atom is 0.318 e. The molecule has 0 aliphatic carbocycles. The molecule has 1 N–H and O–H groups in total. The number of rotatable bonds is 4. The molecule has 0 saturated carbocycles. The summed E-state index contributed by atoms with van der Waals surface area (Å²) in [4.78, 5) is 18.1. The Kier molecular flexibility index (Phi) is 4.53. The lowest BCUT2D eigenvalue weighted by molar-refractivity contribution is 0.202. The lowest BCUT2D eigenvalue weighted by Crippen LogP contribution is -2.38. The van der Waals surface area contributed by atoms with Crippen molar-refractivity contribution in [1.29, 1.82) is 0 Å². The summed E-state index contributed by atoms with van der Waals surface area (Å²) in [7, 11) is 1.71. The molecule has 7 heteroatoms. The van der Waals surface area contributed by atoms with Crippen molar-refractivity contribution in [3.05, 3.63) is 51.9 Å². The van der Waals surface area contributed by atoms with Crippen LogP contribution < -0.4 is 5.32 Å². The first-order valence-corrected chi connectivity index (χ1v) is 8.42. The molecule has 3 rings (SSSR count). The SMILES string of the molecule is Cc1c([C@H](C)NC(=O)N(C)Cc2nccs2)oc2ccc(F)cc12. The van der Waals surface area contributed by atoms with Gasteiger partial charge in [0.2, 0.25) is 0 Å². The molecule has 2 heterocycles. The van der Waals surface area contributed by atoms with E-state index in [1.54, 1.807) is 24.2 Å². The largest absolute Gasteiger partial charge is 0.459 e. The number of carbonyl (C=O) groups is 1.